The highest BCUT2D eigenvalue weighted by Crippen LogP contribution is 2.21. The Balaban J connectivity index is 1.35. The molecule has 1 aliphatic carbocycles. The fourth-order valence-electron chi connectivity index (χ4n) is 3.82. The first kappa shape index (κ1) is 18.7. The number of hydrogen-bond donors (Lipinski definition) is 1. The fraction of sp³-hybridized carbons (Fsp3) is 0.571. The number of nitrogens with zero attached hydrogens (tertiary/aromatic N) is 1. The van der Waals surface area contributed by atoms with Gasteiger partial charge in [0.05, 0.1) is 0 Å². The normalized spacial score (nSPS) is 19.5. The summed E-state index contributed by atoms with van der Waals surface area (Å²) in [7, 11) is 0. The molecule has 1 amide bonds. The van der Waals surface area contributed by atoms with Gasteiger partial charge in [-0.05, 0) is 75.7 Å². The van der Waals surface area contributed by atoms with Crippen molar-refractivity contribution < 1.29 is 4.79 Å². The largest absolute Gasteiger partial charge is 0.356 e. The summed E-state index contributed by atoms with van der Waals surface area (Å²) in [5.74, 6) is 0.459. The second-order valence-electron chi connectivity index (χ2n) is 7.33. The molecule has 0 bridgehead atoms. The Hall–Kier alpha value is -1.13. The van der Waals surface area contributed by atoms with Gasteiger partial charge in [0.15, 0.2) is 0 Å². The van der Waals surface area contributed by atoms with Crippen LogP contribution in [0.2, 0.25) is 0 Å². The molecule has 1 fully saturated rings. The minimum atomic E-state index is 0.196. The second-order valence-corrected chi connectivity index (χ2v) is 8.24. The van der Waals surface area contributed by atoms with Crippen LogP contribution in [0.5, 0.6) is 0 Å². The summed E-state index contributed by atoms with van der Waals surface area (Å²) in [5, 5.41) is 3.17. The maximum Gasteiger partial charge on any atom is 0.223 e. The molecule has 1 N–H and O–H groups in total. The van der Waals surface area contributed by atoms with E-state index in [1.54, 1.807) is 0 Å². The minimum Gasteiger partial charge on any atom is -0.356 e. The van der Waals surface area contributed by atoms with Crippen molar-refractivity contribution in [1.82, 2.24) is 10.2 Å². The molecule has 4 heteroatoms. The summed E-state index contributed by atoms with van der Waals surface area (Å²) in [6.45, 7) is 3.82. The lowest BCUT2D eigenvalue weighted by Gasteiger charge is -2.31. The van der Waals surface area contributed by atoms with E-state index in [0.717, 1.165) is 49.9 Å². The van der Waals surface area contributed by atoms with Crippen molar-refractivity contribution in [3.8, 4) is 0 Å². The molecular weight excluding hydrogens is 376 g/mol. The Kier molecular flexibility index (Phi) is 7.12. The molecule has 0 aromatic heterocycles. The summed E-state index contributed by atoms with van der Waals surface area (Å²) >= 11 is 3.48. The lowest BCUT2D eigenvalue weighted by Crippen LogP contribution is -2.40. The van der Waals surface area contributed by atoms with E-state index in [-0.39, 0.29) is 11.8 Å². The summed E-state index contributed by atoms with van der Waals surface area (Å²) in [6, 6.07) is 8.53. The zero-order chi connectivity index (χ0) is 17.5. The van der Waals surface area contributed by atoms with Crippen LogP contribution in [0.3, 0.4) is 0 Å². The Labute approximate surface area is 160 Å². The van der Waals surface area contributed by atoms with Crippen molar-refractivity contribution in [3.05, 3.63) is 46.0 Å². The van der Waals surface area contributed by atoms with Crippen LogP contribution in [-0.2, 0) is 11.3 Å². The second kappa shape index (κ2) is 9.54. The molecule has 2 aliphatic rings. The number of nitrogens with one attached hydrogen (secondary N) is 1. The number of rotatable bonds is 6. The zero-order valence-corrected chi connectivity index (χ0v) is 16.6. The average Bonchev–Trinajstić information content (AvgIpc) is 2.65. The van der Waals surface area contributed by atoms with Gasteiger partial charge >= 0.3 is 0 Å². The number of carbonyl (C=O) groups excluding carboxylic acids is 1. The number of piperidine rings is 1. The molecule has 1 aromatic carbocycles. The van der Waals surface area contributed by atoms with Crippen LogP contribution in [0, 0.1) is 5.92 Å². The van der Waals surface area contributed by atoms with Crippen LogP contribution in [0.15, 0.2) is 40.4 Å². The van der Waals surface area contributed by atoms with E-state index in [4.69, 9.17) is 0 Å². The number of hydrogen-bond acceptors (Lipinski definition) is 2. The van der Waals surface area contributed by atoms with E-state index in [2.05, 4.69) is 56.5 Å². The number of benzene rings is 1. The Morgan fingerprint density at radius 3 is 2.60 bits per heavy atom. The first-order valence-corrected chi connectivity index (χ1v) is 10.4. The van der Waals surface area contributed by atoms with Gasteiger partial charge in [0.1, 0.15) is 0 Å². The highest BCUT2D eigenvalue weighted by molar-refractivity contribution is 9.10. The smallest absolute Gasteiger partial charge is 0.223 e. The summed E-state index contributed by atoms with van der Waals surface area (Å²) in [6.07, 6.45) is 10.5. The van der Waals surface area contributed by atoms with Crippen molar-refractivity contribution in [2.24, 2.45) is 5.92 Å². The molecule has 136 valence electrons. The number of allylic oxidation sites excluding steroid dienone is 1. The lowest BCUT2D eigenvalue weighted by molar-refractivity contribution is -0.126. The number of halogens is 1. The first-order chi connectivity index (χ1) is 12.2. The highest BCUT2D eigenvalue weighted by atomic mass is 79.9. The Morgan fingerprint density at radius 2 is 1.92 bits per heavy atom. The van der Waals surface area contributed by atoms with Crippen LogP contribution < -0.4 is 5.32 Å². The van der Waals surface area contributed by atoms with Gasteiger partial charge in [0.2, 0.25) is 5.91 Å². The molecule has 1 saturated heterocycles. The predicted octanol–water partition coefficient (Wildman–Crippen LogP) is 4.67. The maximum atomic E-state index is 12.4. The minimum absolute atomic E-state index is 0.196. The standard InChI is InChI=1S/C21H29BrN2O/c22-20-8-6-18(7-9-20)16-24-14-11-19(12-15-24)21(25)23-13-10-17-4-2-1-3-5-17/h4,6-9,19H,1-3,5,10-16H2,(H,23,25). The highest BCUT2D eigenvalue weighted by Gasteiger charge is 2.24. The zero-order valence-electron chi connectivity index (χ0n) is 15.0. The van der Waals surface area contributed by atoms with E-state index in [0.29, 0.717) is 0 Å². The van der Waals surface area contributed by atoms with Gasteiger partial charge in [-0.1, -0.05) is 39.7 Å². The maximum absolute atomic E-state index is 12.4. The van der Waals surface area contributed by atoms with Crippen molar-refractivity contribution in [3.63, 3.8) is 0 Å². The number of carbonyl (C=O) groups is 1. The molecule has 0 saturated carbocycles. The molecule has 3 rings (SSSR count). The quantitative estimate of drug-likeness (QED) is 0.698. The topological polar surface area (TPSA) is 32.3 Å². The molecule has 1 aromatic rings. The van der Waals surface area contributed by atoms with Crippen LogP contribution in [0.4, 0.5) is 0 Å². The lowest BCUT2D eigenvalue weighted by atomic mass is 9.95. The van der Waals surface area contributed by atoms with Gasteiger partial charge in [-0.25, -0.2) is 0 Å². The van der Waals surface area contributed by atoms with Crippen LogP contribution in [0.25, 0.3) is 0 Å². The third-order valence-electron chi connectivity index (χ3n) is 5.41. The predicted molar refractivity (Wildman–Crippen MR) is 106 cm³/mol. The van der Waals surface area contributed by atoms with Gasteiger partial charge in [0, 0.05) is 23.5 Å². The monoisotopic (exact) mass is 404 g/mol. The molecular formula is C21H29BrN2O. The molecule has 0 atom stereocenters. The summed E-state index contributed by atoms with van der Waals surface area (Å²) < 4.78 is 1.12. The summed E-state index contributed by atoms with van der Waals surface area (Å²) in [5.41, 5.74) is 2.88. The Morgan fingerprint density at radius 1 is 1.16 bits per heavy atom. The van der Waals surface area contributed by atoms with Crippen molar-refractivity contribution in [2.75, 3.05) is 19.6 Å². The van der Waals surface area contributed by atoms with Crippen molar-refractivity contribution >= 4 is 21.8 Å². The third-order valence-corrected chi connectivity index (χ3v) is 5.94. The van der Waals surface area contributed by atoms with Crippen LogP contribution >= 0.6 is 15.9 Å². The molecule has 0 radical (unpaired) electrons. The molecule has 0 unspecified atom stereocenters. The van der Waals surface area contributed by atoms with Crippen LogP contribution in [-0.4, -0.2) is 30.4 Å². The van der Waals surface area contributed by atoms with Gasteiger partial charge in [-0.15, -0.1) is 0 Å². The van der Waals surface area contributed by atoms with E-state index in [9.17, 15) is 4.79 Å². The molecule has 3 nitrogen and oxygen atoms in total. The van der Waals surface area contributed by atoms with Gasteiger partial charge in [-0.2, -0.15) is 0 Å². The van der Waals surface area contributed by atoms with E-state index in [1.807, 2.05) is 0 Å². The first-order valence-electron chi connectivity index (χ1n) is 9.63. The van der Waals surface area contributed by atoms with E-state index in [1.165, 1.54) is 36.8 Å². The van der Waals surface area contributed by atoms with Gasteiger partial charge in [0.25, 0.3) is 0 Å². The average molecular weight is 405 g/mol. The van der Waals surface area contributed by atoms with Crippen molar-refractivity contribution in [1.29, 1.82) is 0 Å². The molecule has 25 heavy (non-hydrogen) atoms. The number of amides is 1. The fourth-order valence-corrected chi connectivity index (χ4v) is 4.09. The molecule has 1 aliphatic heterocycles. The molecule has 1 heterocycles. The van der Waals surface area contributed by atoms with E-state index < -0.39 is 0 Å². The van der Waals surface area contributed by atoms with Gasteiger partial charge in [-0.3, -0.25) is 9.69 Å². The van der Waals surface area contributed by atoms with Crippen LogP contribution in [0.1, 0.15) is 50.5 Å². The van der Waals surface area contributed by atoms with Gasteiger partial charge < -0.3 is 5.32 Å². The SMILES string of the molecule is O=C(NCCC1=CCCCC1)C1CCN(Cc2ccc(Br)cc2)CC1. The molecule has 0 spiro atoms. The Bertz CT molecular complexity index is 588. The summed E-state index contributed by atoms with van der Waals surface area (Å²) in [4.78, 5) is 14.8. The number of likely N-dealkylation sites (tertiary alicyclic amines) is 1. The van der Waals surface area contributed by atoms with E-state index >= 15 is 0 Å². The third kappa shape index (κ3) is 5.96. The van der Waals surface area contributed by atoms with Crippen molar-refractivity contribution in [2.45, 2.75) is 51.5 Å².